The van der Waals surface area contributed by atoms with E-state index in [1.807, 2.05) is 19.2 Å². The van der Waals surface area contributed by atoms with Crippen molar-refractivity contribution in [1.82, 2.24) is 15.1 Å². The van der Waals surface area contributed by atoms with Crippen LogP contribution in [0.15, 0.2) is 22.5 Å². The Morgan fingerprint density at radius 1 is 1.33 bits per heavy atom. The van der Waals surface area contributed by atoms with Crippen molar-refractivity contribution in [1.29, 1.82) is 0 Å². The van der Waals surface area contributed by atoms with Gasteiger partial charge in [-0.15, -0.1) is 10.2 Å². The number of carbonyl (C=O) groups excluding carboxylic acids is 1. The van der Waals surface area contributed by atoms with Crippen molar-refractivity contribution in [3.63, 3.8) is 0 Å². The van der Waals surface area contributed by atoms with E-state index in [1.165, 1.54) is 34.2 Å². The van der Waals surface area contributed by atoms with Crippen LogP contribution in [0, 0.1) is 13.8 Å². The van der Waals surface area contributed by atoms with Gasteiger partial charge in [-0.05, 0) is 37.5 Å². The number of nitrogens with zero attached hydrogens (tertiary/aromatic N) is 3. The van der Waals surface area contributed by atoms with Crippen molar-refractivity contribution in [3.05, 3.63) is 29.3 Å². The molecule has 130 valence electrons. The summed E-state index contributed by atoms with van der Waals surface area (Å²) in [5, 5.41) is 12.4. The Morgan fingerprint density at radius 2 is 2.12 bits per heavy atom. The van der Waals surface area contributed by atoms with Gasteiger partial charge >= 0.3 is 0 Å². The lowest BCUT2D eigenvalue weighted by molar-refractivity contribution is -0.127. The lowest BCUT2D eigenvalue weighted by Gasteiger charge is -2.15. The number of amides is 1. The number of aromatic nitrogens is 2. The molecule has 1 aromatic heterocycles. The summed E-state index contributed by atoms with van der Waals surface area (Å²) in [6.45, 7) is 7.10. The molecule has 2 aromatic rings. The number of hydrogen-bond acceptors (Lipinski definition) is 6. The van der Waals surface area contributed by atoms with E-state index >= 15 is 0 Å². The number of anilines is 2. The third kappa shape index (κ3) is 5.21. The summed E-state index contributed by atoms with van der Waals surface area (Å²) < 4.78 is 0.806. The lowest BCUT2D eigenvalue weighted by Crippen LogP contribution is -2.29. The molecule has 0 bridgehead atoms. The van der Waals surface area contributed by atoms with E-state index in [1.54, 1.807) is 4.90 Å². The largest absolute Gasteiger partial charge is 0.345 e. The first-order valence-corrected chi connectivity index (χ1v) is 9.85. The summed E-state index contributed by atoms with van der Waals surface area (Å²) in [6.07, 6.45) is 2.13. The Hall–Kier alpha value is -1.60. The average molecular weight is 365 g/mol. The van der Waals surface area contributed by atoms with Crippen LogP contribution in [0.5, 0.6) is 0 Å². The predicted octanol–water partition coefficient (Wildman–Crippen LogP) is 4.25. The first-order valence-electron chi connectivity index (χ1n) is 8.04. The van der Waals surface area contributed by atoms with Crippen molar-refractivity contribution in [2.24, 2.45) is 0 Å². The van der Waals surface area contributed by atoms with Crippen LogP contribution >= 0.6 is 23.1 Å². The number of benzene rings is 1. The summed E-state index contributed by atoms with van der Waals surface area (Å²) in [5.41, 5.74) is 3.48. The number of aryl methyl sites for hydroxylation is 1. The quantitative estimate of drug-likeness (QED) is 0.710. The number of nitrogens with one attached hydrogen (secondary N) is 1. The van der Waals surface area contributed by atoms with Gasteiger partial charge in [0, 0.05) is 19.3 Å². The molecule has 0 atom stereocenters. The molecule has 1 heterocycles. The summed E-state index contributed by atoms with van der Waals surface area (Å²) >= 11 is 2.92. The van der Waals surface area contributed by atoms with Crippen molar-refractivity contribution >= 4 is 39.8 Å². The smallest absolute Gasteiger partial charge is 0.232 e. The molecule has 0 radical (unpaired) electrons. The molecule has 1 aromatic carbocycles. The fourth-order valence-corrected chi connectivity index (χ4v) is 3.78. The minimum Gasteiger partial charge on any atom is -0.345 e. The molecule has 1 N–H and O–H groups in total. The highest BCUT2D eigenvalue weighted by molar-refractivity contribution is 8.01. The number of carbonyl (C=O) groups is 1. The van der Waals surface area contributed by atoms with Crippen LogP contribution in [0.25, 0.3) is 0 Å². The molecule has 0 fully saturated rings. The van der Waals surface area contributed by atoms with Crippen LogP contribution in [0.1, 0.15) is 30.9 Å². The molecule has 0 aliphatic rings. The summed E-state index contributed by atoms with van der Waals surface area (Å²) in [7, 11) is 1.85. The fourth-order valence-electron chi connectivity index (χ4n) is 2.07. The Bertz CT molecular complexity index is 687. The second kappa shape index (κ2) is 9.03. The van der Waals surface area contributed by atoms with Crippen LogP contribution in [0.3, 0.4) is 0 Å². The third-order valence-corrected chi connectivity index (χ3v) is 5.80. The minimum atomic E-state index is 0.132. The SMILES string of the molecule is CCCCN(C)C(=O)CSc1nnc(Nc2cccc(C)c2C)s1. The van der Waals surface area contributed by atoms with Crippen LogP contribution in [-0.2, 0) is 4.79 Å². The maximum Gasteiger partial charge on any atom is 0.232 e. The molecule has 7 heteroatoms. The highest BCUT2D eigenvalue weighted by Crippen LogP contribution is 2.29. The fraction of sp³-hybridized carbons (Fsp3) is 0.471. The zero-order valence-electron chi connectivity index (χ0n) is 14.6. The van der Waals surface area contributed by atoms with Gasteiger partial charge in [0.2, 0.25) is 11.0 Å². The molecular weight excluding hydrogens is 340 g/mol. The summed E-state index contributed by atoms with van der Waals surface area (Å²) in [6, 6.07) is 6.14. The van der Waals surface area contributed by atoms with Crippen molar-refractivity contribution in [2.45, 2.75) is 38.0 Å². The molecule has 0 aliphatic heterocycles. The zero-order chi connectivity index (χ0) is 17.5. The predicted molar refractivity (Wildman–Crippen MR) is 102 cm³/mol. The van der Waals surface area contributed by atoms with E-state index in [4.69, 9.17) is 0 Å². The first kappa shape index (κ1) is 18.7. The van der Waals surface area contributed by atoms with Crippen LogP contribution in [0.4, 0.5) is 10.8 Å². The molecule has 0 unspecified atom stereocenters. The van der Waals surface area contributed by atoms with Gasteiger partial charge in [0.1, 0.15) is 0 Å². The second-order valence-corrected chi connectivity index (χ2v) is 7.90. The zero-order valence-corrected chi connectivity index (χ0v) is 16.3. The molecule has 0 saturated heterocycles. The topological polar surface area (TPSA) is 58.1 Å². The van der Waals surface area contributed by atoms with Crippen LogP contribution in [0.2, 0.25) is 0 Å². The highest BCUT2D eigenvalue weighted by Gasteiger charge is 2.12. The second-order valence-electron chi connectivity index (χ2n) is 5.70. The molecule has 0 spiro atoms. The van der Waals surface area contributed by atoms with Crippen molar-refractivity contribution in [2.75, 3.05) is 24.7 Å². The Labute approximate surface area is 151 Å². The summed E-state index contributed by atoms with van der Waals surface area (Å²) in [4.78, 5) is 13.8. The van der Waals surface area contributed by atoms with Crippen molar-refractivity contribution < 1.29 is 4.79 Å². The van der Waals surface area contributed by atoms with Gasteiger partial charge in [0.25, 0.3) is 0 Å². The van der Waals surface area contributed by atoms with Gasteiger partial charge in [0.15, 0.2) is 4.34 Å². The number of rotatable bonds is 8. The van der Waals surface area contributed by atoms with Gasteiger partial charge in [-0.2, -0.15) is 0 Å². The highest BCUT2D eigenvalue weighted by atomic mass is 32.2. The van der Waals surface area contributed by atoms with E-state index in [-0.39, 0.29) is 5.91 Å². The standard InChI is InChI=1S/C17H24N4OS2/c1-5-6-10-21(4)15(22)11-23-17-20-19-16(24-17)18-14-9-7-8-12(2)13(14)3/h7-9H,5-6,10-11H2,1-4H3,(H,18,19). The Kier molecular flexibility index (Phi) is 7.05. The number of unbranched alkanes of at least 4 members (excludes halogenated alkanes) is 1. The molecule has 2 rings (SSSR count). The monoisotopic (exact) mass is 364 g/mol. The van der Waals surface area contributed by atoms with Gasteiger partial charge in [-0.25, -0.2) is 0 Å². The Morgan fingerprint density at radius 3 is 2.88 bits per heavy atom. The molecule has 0 saturated carbocycles. The number of thioether (sulfide) groups is 1. The van der Waals surface area contributed by atoms with Gasteiger partial charge in [-0.1, -0.05) is 48.6 Å². The normalized spacial score (nSPS) is 10.7. The minimum absolute atomic E-state index is 0.132. The van der Waals surface area contributed by atoms with Gasteiger partial charge < -0.3 is 10.2 Å². The van der Waals surface area contributed by atoms with E-state index in [0.29, 0.717) is 5.75 Å². The van der Waals surface area contributed by atoms with Crippen LogP contribution < -0.4 is 5.32 Å². The number of hydrogen-bond donors (Lipinski definition) is 1. The molecular formula is C17H24N4OS2. The molecule has 0 aliphatic carbocycles. The van der Waals surface area contributed by atoms with E-state index in [0.717, 1.165) is 34.5 Å². The van der Waals surface area contributed by atoms with Gasteiger partial charge in [0.05, 0.1) is 5.75 Å². The van der Waals surface area contributed by atoms with Gasteiger partial charge in [-0.3, -0.25) is 4.79 Å². The third-order valence-electron chi connectivity index (χ3n) is 3.84. The van der Waals surface area contributed by atoms with E-state index < -0.39 is 0 Å². The molecule has 5 nitrogen and oxygen atoms in total. The molecule has 1 amide bonds. The summed E-state index contributed by atoms with van der Waals surface area (Å²) in [5.74, 6) is 0.533. The maximum atomic E-state index is 12.0. The maximum absolute atomic E-state index is 12.0. The van der Waals surface area contributed by atoms with Crippen LogP contribution in [-0.4, -0.2) is 40.3 Å². The lowest BCUT2D eigenvalue weighted by atomic mass is 10.1. The average Bonchev–Trinajstić information content (AvgIpc) is 3.02. The van der Waals surface area contributed by atoms with E-state index in [2.05, 4.69) is 42.4 Å². The van der Waals surface area contributed by atoms with E-state index in [9.17, 15) is 4.79 Å². The van der Waals surface area contributed by atoms with Crippen molar-refractivity contribution in [3.8, 4) is 0 Å². The first-order chi connectivity index (χ1) is 11.5. The molecule has 24 heavy (non-hydrogen) atoms. The Balaban J connectivity index is 1.89.